The smallest absolute Gasteiger partial charge is 0.185 e. The van der Waals surface area contributed by atoms with Crippen molar-refractivity contribution in [1.29, 1.82) is 0 Å². The van der Waals surface area contributed by atoms with Crippen LogP contribution in [0.5, 0.6) is 0 Å². The average molecular weight is 543 g/mol. The van der Waals surface area contributed by atoms with Gasteiger partial charge in [-0.25, -0.2) is 0 Å². The first-order chi connectivity index (χ1) is 16.4. The molecule has 1 saturated heterocycles. The normalized spacial score (nSPS) is 23.7. The van der Waals surface area contributed by atoms with E-state index in [-0.39, 0.29) is 37.3 Å². The quantitative estimate of drug-likeness (QED) is 0.348. The van der Waals surface area contributed by atoms with E-state index in [1.807, 2.05) is 23.5 Å². The van der Waals surface area contributed by atoms with E-state index < -0.39 is 9.49 Å². The Morgan fingerprint density at radius 3 is 1.00 bits per heavy atom. The number of carbonyl (C=O) groups excluding carboxylic acids is 2. The van der Waals surface area contributed by atoms with Crippen molar-refractivity contribution in [2.75, 3.05) is 0 Å². The highest BCUT2D eigenvalue weighted by Gasteiger charge is 2.63. The van der Waals surface area contributed by atoms with Crippen LogP contribution in [0.3, 0.4) is 0 Å². The van der Waals surface area contributed by atoms with Crippen LogP contribution in [0.4, 0.5) is 0 Å². The van der Waals surface area contributed by atoms with Crippen molar-refractivity contribution in [2.45, 2.75) is 123 Å². The number of allylic oxidation sites excluding steroid dienone is 4. The van der Waals surface area contributed by atoms with E-state index >= 15 is 0 Å². The lowest BCUT2D eigenvalue weighted by molar-refractivity contribution is -0.115. The molecular weight excluding hydrogens is 492 g/mol. The van der Waals surface area contributed by atoms with Crippen LogP contribution in [0.15, 0.2) is 46.6 Å². The molecular formula is C33H50O2S2. The summed E-state index contributed by atoms with van der Waals surface area (Å²) in [7, 11) is 0. The molecule has 3 rings (SSSR count). The summed E-state index contributed by atoms with van der Waals surface area (Å²) < 4.78 is -1.02. The lowest BCUT2D eigenvalue weighted by Gasteiger charge is -2.46. The van der Waals surface area contributed by atoms with Crippen molar-refractivity contribution >= 4 is 35.1 Å². The van der Waals surface area contributed by atoms with Gasteiger partial charge in [-0.05, 0) is 35.0 Å². The third-order valence-corrected chi connectivity index (χ3v) is 11.5. The van der Waals surface area contributed by atoms with Crippen molar-refractivity contribution in [3.63, 3.8) is 0 Å². The Kier molecular flexibility index (Phi) is 7.44. The molecule has 0 radical (unpaired) electrons. The van der Waals surface area contributed by atoms with E-state index in [4.69, 9.17) is 0 Å². The fourth-order valence-corrected chi connectivity index (χ4v) is 10.3. The highest BCUT2D eigenvalue weighted by Crippen LogP contribution is 2.71. The Morgan fingerprint density at radius 2 is 0.811 bits per heavy atom. The largest absolute Gasteiger partial charge is 0.289 e. The van der Waals surface area contributed by atoms with Crippen molar-refractivity contribution in [3.05, 3.63) is 46.6 Å². The summed E-state index contributed by atoms with van der Waals surface area (Å²) in [5.41, 5.74) is 2.40. The molecule has 3 aliphatic rings. The van der Waals surface area contributed by atoms with Gasteiger partial charge in [0.15, 0.2) is 11.6 Å². The van der Waals surface area contributed by atoms with Crippen molar-refractivity contribution in [1.82, 2.24) is 0 Å². The molecule has 1 fully saturated rings. The zero-order chi connectivity index (χ0) is 28.6. The van der Waals surface area contributed by atoms with Gasteiger partial charge in [-0.2, -0.15) is 0 Å². The number of thioether (sulfide) groups is 2. The van der Waals surface area contributed by atoms with Gasteiger partial charge >= 0.3 is 0 Å². The first-order valence-corrected chi connectivity index (χ1v) is 15.5. The van der Waals surface area contributed by atoms with Crippen LogP contribution < -0.4 is 0 Å². The van der Waals surface area contributed by atoms with Crippen molar-refractivity contribution in [3.8, 4) is 0 Å². The van der Waals surface area contributed by atoms with E-state index in [1.54, 1.807) is 0 Å². The molecule has 37 heavy (non-hydrogen) atoms. The van der Waals surface area contributed by atoms with Crippen LogP contribution >= 0.6 is 23.5 Å². The number of rotatable bonds is 2. The Bertz CT molecular complexity index is 963. The minimum atomic E-state index is -0.478. The average Bonchev–Trinajstić information content (AvgIpc) is 2.89. The molecule has 1 heterocycles. The third-order valence-electron chi connectivity index (χ3n) is 7.73. The molecule has 2 spiro atoms. The molecule has 0 N–H and O–H groups in total. The predicted octanol–water partition coefficient (Wildman–Crippen LogP) is 9.52. The molecule has 0 aromatic rings. The fourth-order valence-electron chi connectivity index (χ4n) is 5.74. The van der Waals surface area contributed by atoms with E-state index in [1.165, 1.54) is 0 Å². The van der Waals surface area contributed by atoms with Crippen LogP contribution in [-0.4, -0.2) is 25.1 Å². The predicted molar refractivity (Wildman–Crippen MR) is 164 cm³/mol. The number of ketones is 2. The Morgan fingerprint density at radius 1 is 0.568 bits per heavy atom. The molecule has 4 heteroatoms. The Labute approximate surface area is 235 Å². The van der Waals surface area contributed by atoms with Crippen LogP contribution in [0, 0.1) is 21.7 Å². The summed E-state index contributed by atoms with van der Waals surface area (Å²) >= 11 is 3.98. The zero-order valence-corrected chi connectivity index (χ0v) is 27.5. The maximum Gasteiger partial charge on any atom is 0.185 e. The fraction of sp³-hybridized carbons (Fsp3) is 0.697. The second-order valence-corrected chi connectivity index (χ2v) is 19.4. The van der Waals surface area contributed by atoms with Gasteiger partial charge in [-0.15, -0.1) is 23.5 Å². The van der Waals surface area contributed by atoms with Crippen LogP contribution in [0.25, 0.3) is 0 Å². The van der Waals surface area contributed by atoms with Gasteiger partial charge in [-0.1, -0.05) is 121 Å². The molecule has 0 amide bonds. The molecule has 0 unspecified atom stereocenters. The summed E-state index contributed by atoms with van der Waals surface area (Å²) in [5.74, 6) is 0.338. The second kappa shape index (κ2) is 9.01. The number of hydrogen-bond acceptors (Lipinski definition) is 4. The monoisotopic (exact) mass is 542 g/mol. The molecule has 0 bridgehead atoms. The maximum absolute atomic E-state index is 14.0. The maximum atomic E-state index is 14.0. The van der Waals surface area contributed by atoms with Gasteiger partial charge in [0.2, 0.25) is 0 Å². The standard InChI is InChI=1S/C33H50O2S2/c1-15-16-31(14)36-32(17-21(27(2,3)4)25(34)22(18-32)28(5,6)7)33(37-31)19-23(29(8,9)10)26(35)24(20-33)30(11,12)13/h17-20H,15-16H2,1-14H3. The first kappa shape index (κ1) is 30.5. The van der Waals surface area contributed by atoms with E-state index in [0.29, 0.717) is 0 Å². The summed E-state index contributed by atoms with van der Waals surface area (Å²) in [6, 6.07) is 0. The van der Waals surface area contributed by atoms with Gasteiger partial charge in [0, 0.05) is 22.3 Å². The number of hydrogen-bond donors (Lipinski definition) is 0. The van der Waals surface area contributed by atoms with Gasteiger partial charge in [0.25, 0.3) is 0 Å². The lowest BCUT2D eigenvalue weighted by Crippen LogP contribution is -2.48. The molecule has 2 aliphatic carbocycles. The lowest BCUT2D eigenvalue weighted by atomic mass is 9.65. The van der Waals surface area contributed by atoms with E-state index in [2.05, 4.69) is 121 Å². The van der Waals surface area contributed by atoms with E-state index in [0.717, 1.165) is 35.1 Å². The highest BCUT2D eigenvalue weighted by molar-refractivity contribution is 8.23. The van der Waals surface area contributed by atoms with Gasteiger partial charge < -0.3 is 0 Å². The van der Waals surface area contributed by atoms with Crippen LogP contribution in [0.1, 0.15) is 110 Å². The number of Topliss-reactive ketones (excluding diaryl/α,β-unsaturated/α-hetero) is 2. The Balaban J connectivity index is 2.53. The molecule has 0 saturated carbocycles. The zero-order valence-electron chi connectivity index (χ0n) is 25.9. The summed E-state index contributed by atoms with van der Waals surface area (Å²) in [6.45, 7) is 30.4. The van der Waals surface area contributed by atoms with Gasteiger partial charge in [-0.3, -0.25) is 9.59 Å². The molecule has 0 aromatic carbocycles. The van der Waals surface area contributed by atoms with Crippen molar-refractivity contribution in [2.24, 2.45) is 21.7 Å². The molecule has 2 nitrogen and oxygen atoms in total. The number of fused-ring (bicyclic) bond motifs is 1. The first-order valence-electron chi connectivity index (χ1n) is 13.8. The minimum absolute atomic E-state index is 0.0620. The topological polar surface area (TPSA) is 34.1 Å². The third kappa shape index (κ3) is 5.40. The molecule has 1 aliphatic heterocycles. The summed E-state index contributed by atoms with van der Waals surface area (Å²) in [6.07, 6.45) is 11.3. The highest BCUT2D eigenvalue weighted by atomic mass is 32.2. The summed E-state index contributed by atoms with van der Waals surface area (Å²) in [5, 5.41) is 0. The van der Waals surface area contributed by atoms with Crippen LogP contribution in [0.2, 0.25) is 0 Å². The number of carbonyl (C=O) groups is 2. The van der Waals surface area contributed by atoms with Crippen LogP contribution in [-0.2, 0) is 9.59 Å². The second-order valence-electron chi connectivity index (χ2n) is 15.6. The van der Waals surface area contributed by atoms with Gasteiger partial charge in [0.1, 0.15) is 0 Å². The van der Waals surface area contributed by atoms with Crippen molar-refractivity contribution < 1.29 is 9.59 Å². The SMILES string of the molecule is CCCC1(C)SC2(C=C(C(C)(C)C)C(=O)C(C(C)(C)C)=C2)C2(C=C(C(C)(C)C)C(=O)C(C(C)(C)C)=C2)S1. The van der Waals surface area contributed by atoms with E-state index in [9.17, 15) is 9.59 Å². The summed E-state index contributed by atoms with van der Waals surface area (Å²) in [4.78, 5) is 28.0. The molecule has 206 valence electrons. The van der Waals surface area contributed by atoms with Gasteiger partial charge in [0.05, 0.1) is 13.6 Å². The molecule has 0 atom stereocenters. The Hall–Kier alpha value is -1.00. The minimum Gasteiger partial charge on any atom is -0.289 e. The molecule has 0 aromatic heterocycles.